The number of carbonyl (C=O) groups excluding carboxylic acids is 2. The quantitative estimate of drug-likeness (QED) is 0.402. The molecule has 2 aliphatic rings. The van der Waals surface area contributed by atoms with Crippen molar-refractivity contribution in [1.29, 1.82) is 0 Å². The van der Waals surface area contributed by atoms with Crippen LogP contribution in [0.2, 0.25) is 0 Å². The summed E-state index contributed by atoms with van der Waals surface area (Å²) in [6.07, 6.45) is 0.337. The average molecular weight is 305 g/mol. The van der Waals surface area contributed by atoms with Gasteiger partial charge in [-0.3, -0.25) is 9.35 Å². The van der Waals surface area contributed by atoms with Gasteiger partial charge in [-0.25, -0.2) is 4.79 Å². The molecule has 2 saturated heterocycles. The maximum absolute atomic E-state index is 11.6. The Labute approximate surface area is 131 Å². The summed E-state index contributed by atoms with van der Waals surface area (Å²) in [6.45, 7) is 3.44. The van der Waals surface area contributed by atoms with Gasteiger partial charge in [0.2, 0.25) is 5.91 Å². The van der Waals surface area contributed by atoms with Crippen molar-refractivity contribution in [2.75, 3.05) is 0 Å². The number of thioether (sulfide) groups is 1. The van der Waals surface area contributed by atoms with E-state index in [1.165, 1.54) is 16.7 Å². The molecule has 2 atom stereocenters. The van der Waals surface area contributed by atoms with Crippen molar-refractivity contribution in [3.05, 3.63) is 0 Å². The maximum atomic E-state index is 11.6. The summed E-state index contributed by atoms with van der Waals surface area (Å²) < 4.78 is 32.8. The van der Waals surface area contributed by atoms with Crippen molar-refractivity contribution >= 4 is 63.6 Å². The summed E-state index contributed by atoms with van der Waals surface area (Å²) in [4.78, 5) is 24.3. The van der Waals surface area contributed by atoms with Gasteiger partial charge in [0.05, 0.1) is 11.8 Å². The molecule has 1 amide bonds. The standard InChI is InChI=1S/C8H11NO6S2.Na.H/c1-8(2)6(7(11)15-17(12,13)14)9-4(10)3-5(9)16-8;;/h5-6H,3H2,1-2H3,(H,12,13,14);;/t5-,6+;;/m1../s1. The Balaban J connectivity index is 0.00000162. The van der Waals surface area contributed by atoms with E-state index in [0.717, 1.165) is 0 Å². The Morgan fingerprint density at radius 1 is 1.56 bits per heavy atom. The van der Waals surface area contributed by atoms with Crippen molar-refractivity contribution < 1.29 is 26.7 Å². The van der Waals surface area contributed by atoms with Crippen molar-refractivity contribution in [2.45, 2.75) is 36.4 Å². The molecule has 0 aromatic heterocycles. The summed E-state index contributed by atoms with van der Waals surface area (Å²) in [5.74, 6) is -1.34. The second kappa shape index (κ2) is 4.95. The molecule has 98 valence electrons. The van der Waals surface area contributed by atoms with Crippen LogP contribution in [-0.2, 0) is 24.2 Å². The number of carbonyl (C=O) groups is 2. The molecule has 2 aliphatic heterocycles. The minimum absolute atomic E-state index is 0. The van der Waals surface area contributed by atoms with E-state index in [4.69, 9.17) is 4.55 Å². The molecule has 0 unspecified atom stereocenters. The van der Waals surface area contributed by atoms with Gasteiger partial charge in [0, 0.05) is 4.75 Å². The van der Waals surface area contributed by atoms with Gasteiger partial charge in [-0.15, -0.1) is 11.8 Å². The number of hydrogen-bond acceptors (Lipinski definition) is 6. The van der Waals surface area contributed by atoms with E-state index in [9.17, 15) is 18.0 Å². The first kappa shape index (κ1) is 16.3. The Kier molecular flexibility index (Phi) is 4.47. The predicted octanol–water partition coefficient (Wildman–Crippen LogP) is -0.864. The van der Waals surface area contributed by atoms with Gasteiger partial charge in [0.15, 0.2) is 0 Å². The molecule has 0 bridgehead atoms. The van der Waals surface area contributed by atoms with Gasteiger partial charge in [0.25, 0.3) is 0 Å². The third kappa shape index (κ3) is 2.86. The molecule has 0 aromatic carbocycles. The number of β-lactam (4-membered cyclic amide) rings is 1. The fraction of sp³-hybridized carbons (Fsp3) is 0.750. The summed E-state index contributed by atoms with van der Waals surface area (Å²) in [5.41, 5.74) is 0. The second-order valence-electron chi connectivity index (χ2n) is 4.41. The molecule has 10 heteroatoms. The summed E-state index contributed by atoms with van der Waals surface area (Å²) in [5, 5.41) is -0.114. The fourth-order valence-electron chi connectivity index (χ4n) is 2.11. The van der Waals surface area contributed by atoms with E-state index in [1.807, 2.05) is 0 Å². The number of rotatable bonds is 2. The molecule has 2 heterocycles. The van der Waals surface area contributed by atoms with E-state index in [0.29, 0.717) is 6.42 Å². The van der Waals surface area contributed by atoms with E-state index < -0.39 is 27.2 Å². The summed E-state index contributed by atoms with van der Waals surface area (Å²) in [6, 6.07) is -0.985. The second-order valence-corrected chi connectivity index (χ2v) is 7.27. The van der Waals surface area contributed by atoms with E-state index >= 15 is 0 Å². The molecule has 0 saturated carbocycles. The van der Waals surface area contributed by atoms with Gasteiger partial charge in [-0.1, -0.05) is 0 Å². The Morgan fingerprint density at radius 2 is 2.11 bits per heavy atom. The van der Waals surface area contributed by atoms with Crippen LogP contribution in [0.25, 0.3) is 0 Å². The van der Waals surface area contributed by atoms with Crippen LogP contribution in [0.5, 0.6) is 0 Å². The van der Waals surface area contributed by atoms with Crippen molar-refractivity contribution in [2.24, 2.45) is 0 Å². The van der Waals surface area contributed by atoms with Crippen LogP contribution < -0.4 is 0 Å². The molecule has 2 rings (SSSR count). The molecule has 0 aliphatic carbocycles. The van der Waals surface area contributed by atoms with Crippen LogP contribution in [0.1, 0.15) is 20.3 Å². The molecule has 0 aromatic rings. The zero-order valence-corrected chi connectivity index (χ0v) is 10.7. The normalized spacial score (nSPS) is 29.1. The topological polar surface area (TPSA) is 101 Å². The first-order chi connectivity index (χ1) is 7.62. The molecule has 0 radical (unpaired) electrons. The Morgan fingerprint density at radius 3 is 2.56 bits per heavy atom. The zero-order chi connectivity index (χ0) is 13.0. The van der Waals surface area contributed by atoms with Gasteiger partial charge in [0.1, 0.15) is 6.04 Å². The number of hydrogen-bond donors (Lipinski definition) is 1. The Hall–Kier alpha value is 0.200. The Bertz CT molecular complexity index is 490. The van der Waals surface area contributed by atoms with Crippen LogP contribution in [0, 0.1) is 0 Å². The third-order valence-electron chi connectivity index (χ3n) is 2.73. The van der Waals surface area contributed by atoms with E-state index in [2.05, 4.69) is 4.18 Å². The number of amides is 1. The number of fused-ring (bicyclic) bond motifs is 1. The monoisotopic (exact) mass is 305 g/mol. The van der Waals surface area contributed by atoms with Gasteiger partial charge >= 0.3 is 45.9 Å². The van der Waals surface area contributed by atoms with Crippen LogP contribution in [0.4, 0.5) is 0 Å². The third-order valence-corrected chi connectivity index (χ3v) is 4.61. The van der Waals surface area contributed by atoms with Crippen molar-refractivity contribution in [1.82, 2.24) is 4.90 Å². The molecule has 0 spiro atoms. The predicted molar refractivity (Wildman–Crippen MR) is 65.5 cm³/mol. The van der Waals surface area contributed by atoms with Crippen LogP contribution in [0.3, 0.4) is 0 Å². The SMILES string of the molecule is CC1(C)S[C@@H]2CC(=O)N2[C@H]1C(=O)OS(=O)(=O)O.[NaH]. The van der Waals surface area contributed by atoms with Gasteiger partial charge < -0.3 is 9.08 Å². The molecule has 7 nitrogen and oxygen atoms in total. The fourth-order valence-corrected chi connectivity index (χ4v) is 4.02. The van der Waals surface area contributed by atoms with Gasteiger partial charge in [-0.2, -0.15) is 8.42 Å². The van der Waals surface area contributed by atoms with Gasteiger partial charge in [-0.05, 0) is 13.8 Å². The van der Waals surface area contributed by atoms with Crippen LogP contribution >= 0.6 is 11.8 Å². The van der Waals surface area contributed by atoms with Crippen molar-refractivity contribution in [3.8, 4) is 0 Å². The average Bonchev–Trinajstić information content (AvgIpc) is 2.30. The van der Waals surface area contributed by atoms with E-state index in [-0.39, 0.29) is 40.8 Å². The molecular formula is C8H12NNaO6S2. The summed E-state index contributed by atoms with van der Waals surface area (Å²) in [7, 11) is -4.84. The molecule has 18 heavy (non-hydrogen) atoms. The van der Waals surface area contributed by atoms with E-state index in [1.54, 1.807) is 13.8 Å². The van der Waals surface area contributed by atoms with Crippen LogP contribution in [0.15, 0.2) is 0 Å². The number of nitrogens with zero attached hydrogens (tertiary/aromatic N) is 1. The van der Waals surface area contributed by atoms with Crippen molar-refractivity contribution in [3.63, 3.8) is 0 Å². The van der Waals surface area contributed by atoms with Crippen LogP contribution in [-0.4, -0.2) is 75.5 Å². The molecule has 1 N–H and O–H groups in total. The first-order valence-corrected chi connectivity index (χ1v) is 7.06. The minimum atomic E-state index is -4.84. The zero-order valence-electron chi connectivity index (χ0n) is 9.11. The molecular weight excluding hydrogens is 293 g/mol. The first-order valence-electron chi connectivity index (χ1n) is 4.81. The molecule has 2 fully saturated rings. The summed E-state index contributed by atoms with van der Waals surface area (Å²) >= 11 is 1.41.